The van der Waals surface area contributed by atoms with E-state index in [-0.39, 0.29) is 5.91 Å². The number of amides is 1. The number of halogens is 1. The van der Waals surface area contributed by atoms with Gasteiger partial charge in [-0.1, -0.05) is 23.7 Å². The fraction of sp³-hybridized carbons (Fsp3) is 0.211. The van der Waals surface area contributed by atoms with Gasteiger partial charge in [-0.15, -0.1) is 0 Å². The molecule has 0 aliphatic heterocycles. The normalized spacial score (nSPS) is 13.3. The number of carbonyl (C=O) groups is 1. The summed E-state index contributed by atoms with van der Waals surface area (Å²) in [5.74, 6) is 0.0299. The maximum atomic E-state index is 12.4. The number of hydrogen-bond donors (Lipinski definition) is 1. The van der Waals surface area contributed by atoms with Crippen molar-refractivity contribution >= 4 is 23.3 Å². The van der Waals surface area contributed by atoms with Gasteiger partial charge in [-0.25, -0.2) is 4.63 Å². The van der Waals surface area contributed by atoms with Crippen molar-refractivity contribution in [1.82, 2.24) is 10.3 Å². The monoisotopic (exact) mass is 353 g/mol. The Bertz CT molecular complexity index is 919. The number of aryl methyl sites for hydroxylation is 2. The third-order valence-electron chi connectivity index (χ3n) is 4.45. The van der Waals surface area contributed by atoms with Crippen molar-refractivity contribution in [2.75, 3.05) is 5.32 Å². The molecule has 25 heavy (non-hydrogen) atoms. The van der Waals surface area contributed by atoms with Crippen LogP contribution in [0.5, 0.6) is 0 Å². The number of rotatable bonds is 3. The summed E-state index contributed by atoms with van der Waals surface area (Å²) in [5.41, 5.74) is 4.65. The molecule has 0 saturated heterocycles. The third-order valence-corrected chi connectivity index (χ3v) is 4.70. The Kier molecular flexibility index (Phi) is 4.24. The van der Waals surface area contributed by atoms with Gasteiger partial charge in [0, 0.05) is 16.1 Å². The first-order valence-electron chi connectivity index (χ1n) is 8.22. The van der Waals surface area contributed by atoms with E-state index in [2.05, 4.69) is 27.8 Å². The number of nitrogens with zero attached hydrogens (tertiary/aromatic N) is 2. The summed E-state index contributed by atoms with van der Waals surface area (Å²) in [6, 6.07) is 12.9. The molecule has 3 aromatic rings. The van der Waals surface area contributed by atoms with Gasteiger partial charge in [-0.3, -0.25) is 4.79 Å². The lowest BCUT2D eigenvalue weighted by Crippen LogP contribution is -2.12. The van der Waals surface area contributed by atoms with Crippen LogP contribution in [0.1, 0.15) is 34.3 Å². The Morgan fingerprint density at radius 2 is 1.76 bits per heavy atom. The second kappa shape index (κ2) is 6.69. The minimum atomic E-state index is -0.286. The third kappa shape index (κ3) is 3.28. The van der Waals surface area contributed by atoms with Crippen molar-refractivity contribution in [3.63, 3.8) is 0 Å². The van der Waals surface area contributed by atoms with E-state index in [1.807, 2.05) is 6.07 Å². The number of anilines is 1. The summed E-state index contributed by atoms with van der Waals surface area (Å²) in [5, 5.41) is 11.2. The van der Waals surface area contributed by atoms with Crippen LogP contribution >= 0.6 is 11.6 Å². The summed E-state index contributed by atoms with van der Waals surface area (Å²) in [6.45, 7) is 0. The Hall–Kier alpha value is -2.66. The van der Waals surface area contributed by atoms with Crippen molar-refractivity contribution in [3.8, 4) is 11.3 Å². The van der Waals surface area contributed by atoms with Crippen LogP contribution < -0.4 is 5.32 Å². The average Bonchev–Trinajstić information content (AvgIpc) is 3.10. The standard InChI is InChI=1S/C19H16ClN3O2/c20-16-9-7-13(8-10-16)19(24)21-18-17(22-25-23-18)15-6-5-12-3-1-2-4-14(12)11-15/h5-11H,1-4H2,(H,21,23,24). The molecule has 4 rings (SSSR count). The lowest BCUT2D eigenvalue weighted by Gasteiger charge is -2.16. The summed E-state index contributed by atoms with van der Waals surface area (Å²) >= 11 is 5.85. The topological polar surface area (TPSA) is 68.0 Å². The molecule has 6 heteroatoms. The smallest absolute Gasteiger partial charge is 0.256 e. The predicted molar refractivity (Wildman–Crippen MR) is 95.8 cm³/mol. The van der Waals surface area contributed by atoms with E-state index in [9.17, 15) is 4.79 Å². The van der Waals surface area contributed by atoms with E-state index >= 15 is 0 Å². The zero-order chi connectivity index (χ0) is 17.2. The van der Waals surface area contributed by atoms with E-state index in [0.717, 1.165) is 18.4 Å². The minimum absolute atomic E-state index is 0.286. The van der Waals surface area contributed by atoms with Gasteiger partial charge in [-0.05, 0) is 77.5 Å². The van der Waals surface area contributed by atoms with Crippen LogP contribution in [0.25, 0.3) is 11.3 Å². The highest BCUT2D eigenvalue weighted by Gasteiger charge is 2.18. The fourth-order valence-corrected chi connectivity index (χ4v) is 3.25. The van der Waals surface area contributed by atoms with Gasteiger partial charge < -0.3 is 5.32 Å². The van der Waals surface area contributed by atoms with Crippen LogP contribution in [0.15, 0.2) is 47.1 Å². The number of nitrogens with one attached hydrogen (secondary N) is 1. The molecule has 1 aliphatic carbocycles. The van der Waals surface area contributed by atoms with Crippen LogP contribution in [-0.4, -0.2) is 16.2 Å². The van der Waals surface area contributed by atoms with Crippen LogP contribution in [-0.2, 0) is 12.8 Å². The van der Waals surface area contributed by atoms with Crippen LogP contribution in [0.3, 0.4) is 0 Å². The molecular formula is C19H16ClN3O2. The average molecular weight is 354 g/mol. The minimum Gasteiger partial charge on any atom is -0.302 e. The first-order valence-corrected chi connectivity index (χ1v) is 8.60. The van der Waals surface area contributed by atoms with E-state index in [4.69, 9.17) is 16.2 Å². The first kappa shape index (κ1) is 15.8. The van der Waals surface area contributed by atoms with Crippen LogP contribution in [0, 0.1) is 0 Å². The highest BCUT2D eigenvalue weighted by molar-refractivity contribution is 6.30. The van der Waals surface area contributed by atoms with Gasteiger partial charge in [-0.2, -0.15) is 0 Å². The molecule has 0 unspecified atom stereocenters. The highest BCUT2D eigenvalue weighted by Crippen LogP contribution is 2.30. The second-order valence-corrected chi connectivity index (χ2v) is 6.55. The number of hydrogen-bond acceptors (Lipinski definition) is 4. The molecule has 5 nitrogen and oxygen atoms in total. The molecule has 0 bridgehead atoms. The van der Waals surface area contributed by atoms with E-state index < -0.39 is 0 Å². The maximum Gasteiger partial charge on any atom is 0.256 e. The van der Waals surface area contributed by atoms with Crippen molar-refractivity contribution in [2.45, 2.75) is 25.7 Å². The molecule has 0 radical (unpaired) electrons. The molecular weight excluding hydrogens is 338 g/mol. The number of benzene rings is 2. The van der Waals surface area contributed by atoms with Crippen molar-refractivity contribution in [2.24, 2.45) is 0 Å². The molecule has 0 fully saturated rings. The Balaban J connectivity index is 1.60. The number of aromatic nitrogens is 2. The fourth-order valence-electron chi connectivity index (χ4n) is 3.12. The summed E-state index contributed by atoms with van der Waals surface area (Å²) < 4.78 is 4.86. The number of fused-ring (bicyclic) bond motifs is 1. The van der Waals surface area contributed by atoms with Crippen molar-refractivity contribution in [1.29, 1.82) is 0 Å². The van der Waals surface area contributed by atoms with Gasteiger partial charge in [0.05, 0.1) is 0 Å². The highest BCUT2D eigenvalue weighted by atomic mass is 35.5. The lowest BCUT2D eigenvalue weighted by molar-refractivity contribution is 0.102. The SMILES string of the molecule is O=C(Nc1nonc1-c1ccc2c(c1)CCCC2)c1ccc(Cl)cc1. The quantitative estimate of drug-likeness (QED) is 0.751. The molecule has 126 valence electrons. The van der Waals surface area contributed by atoms with E-state index in [1.54, 1.807) is 24.3 Å². The van der Waals surface area contributed by atoms with E-state index in [0.29, 0.717) is 22.1 Å². The second-order valence-electron chi connectivity index (χ2n) is 6.11. The largest absolute Gasteiger partial charge is 0.302 e. The van der Waals surface area contributed by atoms with Gasteiger partial charge >= 0.3 is 0 Å². The van der Waals surface area contributed by atoms with Gasteiger partial charge in [0.2, 0.25) is 5.82 Å². The molecule has 0 saturated carbocycles. The Morgan fingerprint density at radius 1 is 1.00 bits per heavy atom. The molecule has 1 heterocycles. The van der Waals surface area contributed by atoms with Crippen LogP contribution in [0.2, 0.25) is 5.02 Å². The molecule has 1 aliphatic rings. The summed E-state index contributed by atoms with van der Waals surface area (Å²) in [6.07, 6.45) is 4.63. The van der Waals surface area contributed by atoms with Crippen molar-refractivity contribution in [3.05, 3.63) is 64.2 Å². The predicted octanol–water partition coefficient (Wildman–Crippen LogP) is 4.52. The Morgan fingerprint density at radius 3 is 2.56 bits per heavy atom. The molecule has 2 aromatic carbocycles. The molecule has 1 aromatic heterocycles. The lowest BCUT2D eigenvalue weighted by atomic mass is 9.90. The molecule has 0 spiro atoms. The maximum absolute atomic E-state index is 12.4. The van der Waals surface area contributed by atoms with E-state index in [1.165, 1.54) is 24.0 Å². The molecule has 1 amide bonds. The zero-order valence-corrected chi connectivity index (χ0v) is 14.2. The van der Waals surface area contributed by atoms with Crippen LogP contribution in [0.4, 0.5) is 5.82 Å². The zero-order valence-electron chi connectivity index (χ0n) is 13.5. The van der Waals surface area contributed by atoms with Gasteiger partial charge in [0.1, 0.15) is 0 Å². The molecule has 0 atom stereocenters. The number of carbonyl (C=O) groups excluding carboxylic acids is 1. The molecule has 1 N–H and O–H groups in total. The first-order chi connectivity index (χ1) is 12.2. The summed E-state index contributed by atoms with van der Waals surface area (Å²) in [7, 11) is 0. The van der Waals surface area contributed by atoms with Gasteiger partial charge in [0.25, 0.3) is 5.91 Å². The van der Waals surface area contributed by atoms with Gasteiger partial charge in [0.15, 0.2) is 5.69 Å². The Labute approximate surface area is 150 Å². The van der Waals surface area contributed by atoms with Crippen molar-refractivity contribution < 1.29 is 9.42 Å². The summed E-state index contributed by atoms with van der Waals surface area (Å²) in [4.78, 5) is 12.4.